The zero-order valence-electron chi connectivity index (χ0n) is 31.9. The first kappa shape index (κ1) is 35.9. The first-order chi connectivity index (χ1) is 24.9. The van der Waals surface area contributed by atoms with Crippen LogP contribution in [0.2, 0.25) is 0 Å². The Hall–Kier alpha value is -2.11. The number of piperidine rings is 4. The predicted octanol–water partition coefficient (Wildman–Crippen LogP) is 4.41. The molecule has 51 heavy (non-hydrogen) atoms. The minimum Gasteiger partial charge on any atom is -0.342 e. The number of nitrogens with zero attached hydrogens (tertiary/aromatic N) is 7. The van der Waals surface area contributed by atoms with Gasteiger partial charge in [0.1, 0.15) is 0 Å². The third kappa shape index (κ3) is 7.38. The molecule has 11 heteroatoms. The van der Waals surface area contributed by atoms with E-state index in [1.807, 2.05) is 23.9 Å². The average molecular weight is 709 g/mol. The molecule has 3 aliphatic carbocycles. The van der Waals surface area contributed by atoms with E-state index in [1.54, 1.807) is 0 Å². The van der Waals surface area contributed by atoms with Gasteiger partial charge in [-0.3, -0.25) is 4.79 Å². The fraction of sp³-hybridized carbons (Fsp3) is 0.925. The highest BCUT2D eigenvalue weighted by Crippen LogP contribution is 2.39. The lowest BCUT2D eigenvalue weighted by molar-refractivity contribution is -0.134. The van der Waals surface area contributed by atoms with E-state index in [9.17, 15) is 14.4 Å². The van der Waals surface area contributed by atoms with E-state index in [0.29, 0.717) is 60.1 Å². The maximum Gasteiger partial charge on any atom is 0.320 e. The fourth-order valence-electron chi connectivity index (χ4n) is 11.8. The Balaban J connectivity index is 0.000000150. The van der Waals surface area contributed by atoms with Crippen molar-refractivity contribution in [1.29, 1.82) is 0 Å². The van der Waals surface area contributed by atoms with E-state index in [0.717, 1.165) is 70.7 Å². The molecule has 0 bridgehead atoms. The Morgan fingerprint density at radius 2 is 0.882 bits per heavy atom. The minimum atomic E-state index is 0.280. The van der Waals surface area contributed by atoms with E-state index < -0.39 is 0 Å². The first-order valence-corrected chi connectivity index (χ1v) is 21.5. The van der Waals surface area contributed by atoms with E-state index >= 15 is 0 Å². The van der Waals surface area contributed by atoms with Crippen LogP contribution < -0.4 is 5.32 Å². The van der Waals surface area contributed by atoms with Gasteiger partial charge in [0.05, 0.1) is 24.2 Å². The highest BCUT2D eigenvalue weighted by Gasteiger charge is 2.49. The summed E-state index contributed by atoms with van der Waals surface area (Å²) in [6.45, 7) is 8.81. The lowest BCUT2D eigenvalue weighted by Gasteiger charge is -2.44. The molecule has 6 saturated heterocycles. The zero-order chi connectivity index (χ0) is 35.1. The Bertz CT molecular complexity index is 1220. The monoisotopic (exact) mass is 709 g/mol. The number of carbonyl (C=O) groups excluding carboxylic acids is 3. The lowest BCUT2D eigenvalue weighted by Crippen LogP contribution is -2.53. The number of nitrogens with one attached hydrogen (secondary N) is 1. The summed E-state index contributed by atoms with van der Waals surface area (Å²) >= 11 is 0. The van der Waals surface area contributed by atoms with Crippen molar-refractivity contribution in [3.63, 3.8) is 0 Å². The second kappa shape index (κ2) is 15.7. The van der Waals surface area contributed by atoms with Gasteiger partial charge in [-0.15, -0.1) is 0 Å². The third-order valence-corrected chi connectivity index (χ3v) is 15.0. The maximum absolute atomic E-state index is 12.9. The number of hydrogen-bond donors (Lipinski definition) is 1. The van der Waals surface area contributed by atoms with Crippen molar-refractivity contribution < 1.29 is 14.4 Å². The summed E-state index contributed by atoms with van der Waals surface area (Å²) in [7, 11) is 4.03. The molecule has 0 aromatic heterocycles. The lowest BCUT2D eigenvalue weighted by atomic mass is 9.88. The van der Waals surface area contributed by atoms with Crippen LogP contribution in [0, 0.1) is 5.92 Å². The van der Waals surface area contributed by atoms with Crippen molar-refractivity contribution in [2.75, 3.05) is 66.5 Å². The van der Waals surface area contributed by atoms with Gasteiger partial charge in [-0.1, -0.05) is 25.7 Å². The molecule has 9 fully saturated rings. The van der Waals surface area contributed by atoms with Gasteiger partial charge in [0.2, 0.25) is 5.91 Å². The molecule has 9 aliphatic rings. The molecule has 4 atom stereocenters. The summed E-state index contributed by atoms with van der Waals surface area (Å²) in [5.41, 5.74) is 0. The molecule has 0 radical (unpaired) electrons. The molecular formula is C40H68N8O3. The molecule has 3 saturated carbocycles. The van der Waals surface area contributed by atoms with Crippen molar-refractivity contribution in [3.05, 3.63) is 0 Å². The smallest absolute Gasteiger partial charge is 0.320 e. The number of amides is 5. The highest BCUT2D eigenvalue weighted by atomic mass is 16.2. The number of rotatable bonds is 5. The topological polar surface area (TPSA) is 85.9 Å². The summed E-state index contributed by atoms with van der Waals surface area (Å²) in [4.78, 5) is 54.1. The Morgan fingerprint density at radius 1 is 0.490 bits per heavy atom. The van der Waals surface area contributed by atoms with Gasteiger partial charge in [-0.25, -0.2) is 9.59 Å². The van der Waals surface area contributed by atoms with Crippen LogP contribution >= 0.6 is 0 Å². The van der Waals surface area contributed by atoms with Gasteiger partial charge < -0.3 is 39.6 Å². The standard InChI is InChI=1S/C22H36N4O2.C18H32N4O/c1-23-19-4-2-3-5-20(19)26(22(23)28)18-10-12-24(13-11-18)17-8-14-25(15-9-17)21(27)16-6-7-16;1-20-16-4-2-3-5-17(16)22(18(20)23)15-8-12-21(13-9-15)14-6-10-19-11-7-14/h16-20H,2-15H2,1H3;14-17,19H,2-13H2,1H3/t19-,20-;16-,17-/m00/s1. The van der Waals surface area contributed by atoms with Crippen LogP contribution in [0.25, 0.3) is 0 Å². The van der Waals surface area contributed by atoms with Crippen LogP contribution in [-0.4, -0.2) is 167 Å². The number of likely N-dealkylation sites (tertiary alicyclic amines) is 3. The van der Waals surface area contributed by atoms with Crippen LogP contribution in [0.3, 0.4) is 0 Å². The molecule has 0 spiro atoms. The first-order valence-electron chi connectivity index (χ1n) is 21.5. The second-order valence-electron chi connectivity index (χ2n) is 17.8. The number of hydrogen-bond acceptors (Lipinski definition) is 6. The summed E-state index contributed by atoms with van der Waals surface area (Å²) < 4.78 is 0. The van der Waals surface area contributed by atoms with Gasteiger partial charge >= 0.3 is 12.1 Å². The van der Waals surface area contributed by atoms with Crippen molar-refractivity contribution in [2.45, 2.75) is 164 Å². The van der Waals surface area contributed by atoms with E-state index in [2.05, 4.69) is 29.8 Å². The van der Waals surface area contributed by atoms with Crippen molar-refractivity contribution >= 4 is 18.0 Å². The summed E-state index contributed by atoms with van der Waals surface area (Å²) in [5.74, 6) is 0.767. The van der Waals surface area contributed by atoms with Crippen molar-refractivity contribution in [3.8, 4) is 0 Å². The molecule has 9 rings (SSSR count). The molecule has 1 N–H and O–H groups in total. The summed E-state index contributed by atoms with van der Waals surface area (Å²) in [6, 6.07) is 4.79. The maximum atomic E-state index is 12.9. The number of fused-ring (bicyclic) bond motifs is 2. The third-order valence-electron chi connectivity index (χ3n) is 15.0. The average Bonchev–Trinajstić information content (AvgIpc) is 3.97. The van der Waals surface area contributed by atoms with Crippen molar-refractivity contribution in [2.24, 2.45) is 5.92 Å². The van der Waals surface area contributed by atoms with E-state index in [-0.39, 0.29) is 6.03 Å². The van der Waals surface area contributed by atoms with Gasteiger partial charge in [0, 0.05) is 83.4 Å². The van der Waals surface area contributed by atoms with Gasteiger partial charge in [0.15, 0.2) is 0 Å². The summed E-state index contributed by atoms with van der Waals surface area (Å²) in [5, 5.41) is 3.46. The molecule has 0 aromatic rings. The SMILES string of the molecule is CN1C(=O)N(C2CCN(C3CCN(C(=O)C4CC4)CC3)CC2)[C@H]2CCCC[C@@H]21.CN1C(=O)N(C2CCN(C3CCNCC3)CC2)[C@H]2CCCC[C@@H]21. The fourth-order valence-corrected chi connectivity index (χ4v) is 11.8. The van der Waals surface area contributed by atoms with Gasteiger partial charge in [-0.05, 0) is 103 Å². The molecule has 11 nitrogen and oxygen atoms in total. The van der Waals surface area contributed by atoms with Crippen LogP contribution in [0.15, 0.2) is 0 Å². The predicted molar refractivity (Wildman–Crippen MR) is 199 cm³/mol. The van der Waals surface area contributed by atoms with E-state index in [1.165, 1.54) is 103 Å². The largest absolute Gasteiger partial charge is 0.342 e. The van der Waals surface area contributed by atoms with Crippen LogP contribution in [0.1, 0.15) is 116 Å². The molecule has 5 amide bonds. The van der Waals surface area contributed by atoms with Gasteiger partial charge in [0.25, 0.3) is 0 Å². The molecule has 0 aromatic carbocycles. The summed E-state index contributed by atoms with van der Waals surface area (Å²) in [6.07, 6.45) is 21.6. The molecule has 0 unspecified atom stereocenters. The van der Waals surface area contributed by atoms with Crippen LogP contribution in [0.5, 0.6) is 0 Å². The van der Waals surface area contributed by atoms with Crippen molar-refractivity contribution in [1.82, 2.24) is 39.6 Å². The quantitative estimate of drug-likeness (QED) is 0.456. The van der Waals surface area contributed by atoms with Crippen LogP contribution in [0.4, 0.5) is 9.59 Å². The number of likely N-dealkylation sites (N-methyl/N-ethyl adjacent to an activating group) is 2. The Labute approximate surface area is 307 Å². The second-order valence-corrected chi connectivity index (χ2v) is 17.8. The molecular weight excluding hydrogens is 640 g/mol. The number of carbonyl (C=O) groups is 3. The molecule has 286 valence electrons. The van der Waals surface area contributed by atoms with Crippen LogP contribution in [-0.2, 0) is 4.79 Å². The Kier molecular flexibility index (Phi) is 11.1. The van der Waals surface area contributed by atoms with Gasteiger partial charge in [-0.2, -0.15) is 0 Å². The minimum absolute atomic E-state index is 0.280. The van der Waals surface area contributed by atoms with E-state index in [4.69, 9.17) is 0 Å². The molecule has 6 aliphatic heterocycles. The normalized spacial score (nSPS) is 34.1. The molecule has 6 heterocycles. The Morgan fingerprint density at radius 3 is 1.31 bits per heavy atom. The zero-order valence-corrected chi connectivity index (χ0v) is 31.9. The number of urea groups is 2. The highest BCUT2D eigenvalue weighted by molar-refractivity contribution is 5.81.